The van der Waals surface area contributed by atoms with Crippen LogP contribution in [0.25, 0.3) is 0 Å². The quantitative estimate of drug-likeness (QED) is 0.790. The standard InChI is InChI=1S/C23H24N2O3/c1-4-28-23(27)20-16(3)24-15(2)19(21(20)17-11-7-5-8-12-17)22(26)25-18-13-9-6-10-14-18/h5-14,20-21H,4H2,1-3H3,(H,25,26). The Morgan fingerprint density at radius 3 is 2.21 bits per heavy atom. The Balaban J connectivity index is 2.06. The number of aliphatic imine (C=N–C) groups is 1. The fraction of sp³-hybridized carbons (Fsp3) is 0.261. The highest BCUT2D eigenvalue weighted by atomic mass is 16.5. The molecule has 5 heteroatoms. The van der Waals surface area contributed by atoms with Gasteiger partial charge in [0.25, 0.3) is 5.91 Å². The fourth-order valence-electron chi connectivity index (χ4n) is 3.61. The Hall–Kier alpha value is -3.21. The van der Waals surface area contributed by atoms with Gasteiger partial charge in [0, 0.05) is 28.6 Å². The van der Waals surface area contributed by atoms with Crippen molar-refractivity contribution in [3.05, 3.63) is 77.5 Å². The summed E-state index contributed by atoms with van der Waals surface area (Å²) in [6.07, 6.45) is 0. The van der Waals surface area contributed by atoms with Gasteiger partial charge >= 0.3 is 5.97 Å². The van der Waals surface area contributed by atoms with Crippen molar-refractivity contribution in [2.75, 3.05) is 11.9 Å². The van der Waals surface area contributed by atoms with Crippen LogP contribution in [0.3, 0.4) is 0 Å². The number of hydrogen-bond acceptors (Lipinski definition) is 4. The van der Waals surface area contributed by atoms with E-state index in [2.05, 4.69) is 10.3 Å². The maximum absolute atomic E-state index is 13.2. The zero-order chi connectivity index (χ0) is 20.1. The SMILES string of the molecule is CCOC(=O)C1C(C)=NC(C)=C(C(=O)Nc2ccccc2)C1c1ccccc1. The lowest BCUT2D eigenvalue weighted by Gasteiger charge is -2.32. The average molecular weight is 376 g/mol. The van der Waals surface area contributed by atoms with Crippen molar-refractivity contribution in [2.45, 2.75) is 26.7 Å². The molecule has 1 aliphatic rings. The second kappa shape index (κ2) is 8.65. The lowest BCUT2D eigenvalue weighted by molar-refractivity contribution is -0.146. The van der Waals surface area contributed by atoms with Crippen LogP contribution in [-0.2, 0) is 14.3 Å². The number of hydrogen-bond donors (Lipinski definition) is 1. The van der Waals surface area contributed by atoms with E-state index < -0.39 is 11.8 Å². The molecule has 3 rings (SSSR count). The van der Waals surface area contributed by atoms with Gasteiger partial charge in [-0.15, -0.1) is 0 Å². The summed E-state index contributed by atoms with van der Waals surface area (Å²) in [5.74, 6) is -1.72. The number of benzene rings is 2. The number of esters is 1. The number of amides is 1. The van der Waals surface area contributed by atoms with E-state index in [1.165, 1.54) is 0 Å². The molecule has 0 fully saturated rings. The van der Waals surface area contributed by atoms with Crippen LogP contribution in [0.5, 0.6) is 0 Å². The van der Waals surface area contributed by atoms with Gasteiger partial charge in [-0.1, -0.05) is 48.5 Å². The number of carbonyl (C=O) groups is 2. The number of rotatable bonds is 5. The van der Waals surface area contributed by atoms with E-state index in [9.17, 15) is 9.59 Å². The number of nitrogens with zero attached hydrogens (tertiary/aromatic N) is 1. The zero-order valence-electron chi connectivity index (χ0n) is 16.3. The molecule has 144 valence electrons. The number of carbonyl (C=O) groups excluding carboxylic acids is 2. The molecule has 0 aliphatic carbocycles. The van der Waals surface area contributed by atoms with E-state index in [0.29, 0.717) is 22.7 Å². The minimum atomic E-state index is -0.637. The Morgan fingerprint density at radius 1 is 1.00 bits per heavy atom. The van der Waals surface area contributed by atoms with Gasteiger partial charge in [-0.3, -0.25) is 14.6 Å². The number of allylic oxidation sites excluding steroid dienone is 1. The molecular formula is C23H24N2O3. The van der Waals surface area contributed by atoms with Gasteiger partial charge in [0.2, 0.25) is 0 Å². The molecule has 5 nitrogen and oxygen atoms in total. The molecular weight excluding hydrogens is 352 g/mol. The number of ether oxygens (including phenoxy) is 1. The molecule has 2 unspecified atom stereocenters. The highest BCUT2D eigenvalue weighted by Crippen LogP contribution is 2.39. The van der Waals surface area contributed by atoms with Gasteiger partial charge in [0.15, 0.2) is 0 Å². The summed E-state index contributed by atoms with van der Waals surface area (Å²) < 4.78 is 5.31. The largest absolute Gasteiger partial charge is 0.465 e. The van der Waals surface area contributed by atoms with Crippen molar-refractivity contribution in [3.8, 4) is 0 Å². The third-order valence-corrected chi connectivity index (χ3v) is 4.80. The molecule has 1 aliphatic heterocycles. The van der Waals surface area contributed by atoms with E-state index in [0.717, 1.165) is 5.56 Å². The van der Waals surface area contributed by atoms with Crippen LogP contribution in [0, 0.1) is 5.92 Å². The first-order chi connectivity index (χ1) is 13.5. The number of nitrogens with one attached hydrogen (secondary N) is 1. The van der Waals surface area contributed by atoms with Crippen LogP contribution in [0.4, 0.5) is 5.69 Å². The monoisotopic (exact) mass is 376 g/mol. The van der Waals surface area contributed by atoms with Crippen LogP contribution in [0.1, 0.15) is 32.3 Å². The smallest absolute Gasteiger partial charge is 0.315 e. The van der Waals surface area contributed by atoms with Crippen molar-refractivity contribution in [3.63, 3.8) is 0 Å². The first kappa shape index (κ1) is 19.5. The van der Waals surface area contributed by atoms with Gasteiger partial charge in [-0.05, 0) is 38.5 Å². The van der Waals surface area contributed by atoms with Crippen molar-refractivity contribution in [1.29, 1.82) is 0 Å². The minimum Gasteiger partial charge on any atom is -0.465 e. The number of para-hydroxylation sites is 1. The van der Waals surface area contributed by atoms with Gasteiger partial charge in [-0.25, -0.2) is 0 Å². The van der Waals surface area contributed by atoms with Gasteiger partial charge in [-0.2, -0.15) is 0 Å². The maximum Gasteiger partial charge on any atom is 0.315 e. The van der Waals surface area contributed by atoms with Crippen molar-refractivity contribution in [2.24, 2.45) is 10.9 Å². The molecule has 0 bridgehead atoms. The first-order valence-corrected chi connectivity index (χ1v) is 9.36. The minimum absolute atomic E-state index is 0.261. The van der Waals surface area contributed by atoms with E-state index >= 15 is 0 Å². The van der Waals surface area contributed by atoms with E-state index in [-0.39, 0.29) is 18.5 Å². The predicted octanol–water partition coefficient (Wildman–Crippen LogP) is 4.34. The highest BCUT2D eigenvalue weighted by molar-refractivity contribution is 6.11. The molecule has 1 heterocycles. The van der Waals surface area contributed by atoms with Crippen LogP contribution in [0.15, 0.2) is 76.9 Å². The molecule has 28 heavy (non-hydrogen) atoms. The lowest BCUT2D eigenvalue weighted by atomic mass is 9.75. The lowest BCUT2D eigenvalue weighted by Crippen LogP contribution is -2.37. The second-order valence-corrected chi connectivity index (χ2v) is 6.69. The topological polar surface area (TPSA) is 67.8 Å². The predicted molar refractivity (Wildman–Crippen MR) is 110 cm³/mol. The molecule has 0 radical (unpaired) electrons. The molecule has 1 N–H and O–H groups in total. The normalized spacial score (nSPS) is 19.0. The molecule has 0 saturated heterocycles. The van der Waals surface area contributed by atoms with E-state index in [4.69, 9.17) is 4.74 Å². The van der Waals surface area contributed by atoms with Gasteiger partial charge in [0.1, 0.15) is 5.92 Å². The summed E-state index contributed by atoms with van der Waals surface area (Å²) in [6, 6.07) is 18.8. The molecule has 0 spiro atoms. The third-order valence-electron chi connectivity index (χ3n) is 4.80. The summed E-state index contributed by atoms with van der Waals surface area (Å²) in [5.41, 5.74) is 3.33. The summed E-state index contributed by atoms with van der Waals surface area (Å²) in [7, 11) is 0. The molecule has 0 aromatic heterocycles. The maximum atomic E-state index is 13.2. The molecule has 2 atom stereocenters. The zero-order valence-corrected chi connectivity index (χ0v) is 16.3. The van der Waals surface area contributed by atoms with Crippen molar-refractivity contribution >= 4 is 23.3 Å². The first-order valence-electron chi connectivity index (χ1n) is 9.36. The number of anilines is 1. The van der Waals surface area contributed by atoms with E-state index in [1.54, 1.807) is 13.8 Å². The van der Waals surface area contributed by atoms with Crippen LogP contribution < -0.4 is 5.32 Å². The molecule has 2 aromatic rings. The Kier molecular flexibility index (Phi) is 6.04. The van der Waals surface area contributed by atoms with Gasteiger partial charge < -0.3 is 10.1 Å². The molecule has 0 saturated carbocycles. The van der Waals surface area contributed by atoms with Crippen LogP contribution >= 0.6 is 0 Å². The Bertz CT molecular complexity index is 917. The summed E-state index contributed by atoms with van der Waals surface area (Å²) in [4.78, 5) is 30.5. The van der Waals surface area contributed by atoms with Crippen LogP contribution in [-0.4, -0.2) is 24.2 Å². The van der Waals surface area contributed by atoms with E-state index in [1.807, 2.05) is 67.6 Å². The Morgan fingerprint density at radius 2 is 1.61 bits per heavy atom. The van der Waals surface area contributed by atoms with Crippen LogP contribution in [0.2, 0.25) is 0 Å². The van der Waals surface area contributed by atoms with Gasteiger partial charge in [0.05, 0.1) is 6.61 Å². The molecule has 2 aromatic carbocycles. The fourth-order valence-corrected chi connectivity index (χ4v) is 3.61. The average Bonchev–Trinajstić information content (AvgIpc) is 2.68. The summed E-state index contributed by atoms with van der Waals surface area (Å²) in [6.45, 7) is 5.67. The van der Waals surface area contributed by atoms with Crippen molar-refractivity contribution in [1.82, 2.24) is 0 Å². The molecule has 1 amide bonds. The third kappa shape index (κ3) is 4.03. The summed E-state index contributed by atoms with van der Waals surface area (Å²) in [5, 5.41) is 2.93. The highest BCUT2D eigenvalue weighted by Gasteiger charge is 2.41. The van der Waals surface area contributed by atoms with Crippen molar-refractivity contribution < 1.29 is 14.3 Å². The summed E-state index contributed by atoms with van der Waals surface area (Å²) >= 11 is 0. The Labute approximate surface area is 165 Å². The second-order valence-electron chi connectivity index (χ2n) is 6.69.